The molecule has 4 aromatic rings. The maximum Gasteiger partial charge on any atom is 0.147 e. The van der Waals surface area contributed by atoms with Crippen molar-refractivity contribution in [1.82, 2.24) is 25.1 Å². The van der Waals surface area contributed by atoms with Gasteiger partial charge in [-0.2, -0.15) is 5.10 Å². The lowest BCUT2D eigenvalue weighted by Gasteiger charge is -2.37. The Morgan fingerprint density at radius 2 is 1.68 bits per heavy atom. The normalized spacial score (nSPS) is 22.1. The Kier molecular flexibility index (Phi) is 4.58. The molecule has 2 bridgehead atoms. The topological polar surface area (TPSA) is 64.5 Å². The fourth-order valence-corrected chi connectivity index (χ4v) is 6.11. The van der Waals surface area contributed by atoms with Crippen LogP contribution in [0.3, 0.4) is 0 Å². The van der Waals surface area contributed by atoms with Crippen LogP contribution in [0.4, 0.5) is 8.78 Å². The molecule has 1 saturated carbocycles. The van der Waals surface area contributed by atoms with Crippen LogP contribution in [-0.2, 0) is 5.41 Å². The predicted molar refractivity (Wildman–Crippen MR) is 124 cm³/mol. The summed E-state index contributed by atoms with van der Waals surface area (Å²) in [6.45, 7) is 4.43. The number of halogens is 3. The molecule has 0 aliphatic heterocycles. The molecule has 0 radical (unpaired) electrons. The van der Waals surface area contributed by atoms with Gasteiger partial charge in [0.15, 0.2) is 0 Å². The van der Waals surface area contributed by atoms with Gasteiger partial charge in [0.1, 0.15) is 22.5 Å². The fourth-order valence-electron chi connectivity index (χ4n) is 6.02. The third-order valence-corrected chi connectivity index (χ3v) is 7.87. The first-order valence-electron chi connectivity index (χ1n) is 11.1. The Hall–Kier alpha value is -3.32. The van der Waals surface area contributed by atoms with Gasteiger partial charge in [-0.25, -0.2) is 18.7 Å². The molecule has 8 heteroatoms. The van der Waals surface area contributed by atoms with Crippen molar-refractivity contribution in [3.63, 3.8) is 0 Å². The molecule has 5 nitrogen and oxygen atoms in total. The smallest absolute Gasteiger partial charge is 0.147 e. The quantitative estimate of drug-likeness (QED) is 0.356. The highest BCUT2D eigenvalue weighted by atomic mass is 35.5. The molecule has 6 rings (SSSR count). The van der Waals surface area contributed by atoms with E-state index in [1.807, 2.05) is 24.3 Å². The summed E-state index contributed by atoms with van der Waals surface area (Å²) in [5.41, 5.74) is 3.41. The summed E-state index contributed by atoms with van der Waals surface area (Å²) in [7, 11) is 0. The molecule has 3 aromatic heterocycles. The molecule has 2 atom stereocenters. The van der Waals surface area contributed by atoms with E-state index in [-0.39, 0.29) is 22.6 Å². The van der Waals surface area contributed by atoms with E-state index in [1.54, 1.807) is 6.20 Å². The largest absolute Gasteiger partial charge is 0.250 e. The predicted octanol–water partition coefficient (Wildman–Crippen LogP) is 6.13. The average Bonchev–Trinajstić information content (AvgIpc) is 3.21. The van der Waals surface area contributed by atoms with Gasteiger partial charge in [-0.15, -0.1) is 5.10 Å². The standard InChI is InChI=1S/C26H20ClF2N5/c1-25(2)15-9-10-26(25,21-8-4-7-18(32-21)20-12-31-22(27)13-30-20)24-14(15)11-19(33-34-24)23-16(28)5-3-6-17(23)29/h3-8,11-13,15H,9-10H2,1-2H3/t15-,26+/m0/s1. The van der Waals surface area contributed by atoms with Crippen molar-refractivity contribution in [3.8, 4) is 22.6 Å². The molecule has 1 fully saturated rings. The minimum Gasteiger partial charge on any atom is -0.250 e. The van der Waals surface area contributed by atoms with Gasteiger partial charge >= 0.3 is 0 Å². The Bertz CT molecular complexity index is 1420. The molecule has 170 valence electrons. The zero-order chi connectivity index (χ0) is 23.7. The third-order valence-electron chi connectivity index (χ3n) is 7.67. The second-order valence-corrected chi connectivity index (χ2v) is 9.87. The first-order valence-corrected chi connectivity index (χ1v) is 11.5. The lowest BCUT2D eigenvalue weighted by molar-refractivity contribution is 0.243. The minimum absolute atomic E-state index is 0.145. The van der Waals surface area contributed by atoms with E-state index in [0.29, 0.717) is 16.5 Å². The van der Waals surface area contributed by atoms with Crippen LogP contribution in [0, 0.1) is 17.0 Å². The number of benzene rings is 1. The summed E-state index contributed by atoms with van der Waals surface area (Å²) in [6.07, 6.45) is 4.89. The van der Waals surface area contributed by atoms with E-state index in [1.165, 1.54) is 24.4 Å². The van der Waals surface area contributed by atoms with Gasteiger partial charge in [0.25, 0.3) is 0 Å². The van der Waals surface area contributed by atoms with Crippen LogP contribution in [0.1, 0.15) is 49.6 Å². The number of pyridine rings is 1. The summed E-state index contributed by atoms with van der Waals surface area (Å²) in [6, 6.07) is 11.5. The second kappa shape index (κ2) is 7.34. The molecule has 1 aromatic carbocycles. The van der Waals surface area contributed by atoms with Gasteiger partial charge in [0, 0.05) is 0 Å². The Morgan fingerprint density at radius 3 is 2.41 bits per heavy atom. The molecule has 0 saturated heterocycles. The van der Waals surface area contributed by atoms with Crippen molar-refractivity contribution in [3.05, 3.63) is 88.6 Å². The summed E-state index contributed by atoms with van der Waals surface area (Å²) in [5, 5.41) is 9.20. The Labute approximate surface area is 200 Å². The van der Waals surface area contributed by atoms with Crippen molar-refractivity contribution in [2.75, 3.05) is 0 Å². The molecule has 2 aliphatic rings. The summed E-state index contributed by atoms with van der Waals surface area (Å²) in [5.74, 6) is -1.12. The zero-order valence-corrected chi connectivity index (χ0v) is 19.3. The lowest BCUT2D eigenvalue weighted by atomic mass is 9.66. The lowest BCUT2D eigenvalue weighted by Crippen LogP contribution is -2.37. The zero-order valence-electron chi connectivity index (χ0n) is 18.6. The van der Waals surface area contributed by atoms with E-state index < -0.39 is 17.0 Å². The molecule has 0 unspecified atom stereocenters. The molecular weight excluding hydrogens is 456 g/mol. The van der Waals surface area contributed by atoms with Crippen LogP contribution in [0.25, 0.3) is 22.6 Å². The Balaban J connectivity index is 1.51. The van der Waals surface area contributed by atoms with Crippen LogP contribution in [0.2, 0.25) is 5.15 Å². The Morgan fingerprint density at radius 1 is 0.912 bits per heavy atom. The summed E-state index contributed by atoms with van der Waals surface area (Å²) in [4.78, 5) is 13.5. The van der Waals surface area contributed by atoms with Crippen LogP contribution in [-0.4, -0.2) is 25.1 Å². The molecule has 0 N–H and O–H groups in total. The number of nitrogens with zero attached hydrogens (tertiary/aromatic N) is 5. The van der Waals surface area contributed by atoms with E-state index in [4.69, 9.17) is 16.6 Å². The van der Waals surface area contributed by atoms with Gasteiger partial charge in [0.2, 0.25) is 0 Å². The highest BCUT2D eigenvalue weighted by molar-refractivity contribution is 6.29. The number of rotatable bonds is 3. The number of hydrogen-bond acceptors (Lipinski definition) is 5. The monoisotopic (exact) mass is 475 g/mol. The van der Waals surface area contributed by atoms with Gasteiger partial charge < -0.3 is 0 Å². The summed E-state index contributed by atoms with van der Waals surface area (Å²) < 4.78 is 28.9. The van der Waals surface area contributed by atoms with Crippen LogP contribution < -0.4 is 0 Å². The van der Waals surface area contributed by atoms with E-state index in [0.717, 1.165) is 29.8 Å². The van der Waals surface area contributed by atoms with Crippen LogP contribution >= 0.6 is 11.6 Å². The van der Waals surface area contributed by atoms with E-state index >= 15 is 0 Å². The van der Waals surface area contributed by atoms with Crippen molar-refractivity contribution < 1.29 is 8.78 Å². The number of hydrogen-bond donors (Lipinski definition) is 0. The first kappa shape index (κ1) is 21.2. The maximum atomic E-state index is 14.5. The number of aromatic nitrogens is 5. The third kappa shape index (κ3) is 2.79. The van der Waals surface area contributed by atoms with Crippen molar-refractivity contribution in [2.45, 2.75) is 38.0 Å². The first-order chi connectivity index (χ1) is 16.3. The minimum atomic E-state index is -0.648. The maximum absolute atomic E-state index is 14.5. The molecular formula is C26H20ClF2N5. The molecule has 34 heavy (non-hydrogen) atoms. The highest BCUT2D eigenvalue weighted by Gasteiger charge is 2.65. The molecule has 2 aliphatic carbocycles. The molecule has 0 amide bonds. The SMILES string of the molecule is CC1(C)[C@H]2CC[C@@]1(c1cccc(-c3cnc(Cl)cn3)n1)c1nnc(-c3c(F)cccc3F)cc12. The van der Waals surface area contributed by atoms with E-state index in [2.05, 4.69) is 34.0 Å². The van der Waals surface area contributed by atoms with Crippen LogP contribution in [0.15, 0.2) is 54.9 Å². The average molecular weight is 476 g/mol. The highest BCUT2D eigenvalue weighted by Crippen LogP contribution is 2.69. The van der Waals surface area contributed by atoms with Gasteiger partial charge in [-0.1, -0.05) is 37.6 Å². The van der Waals surface area contributed by atoms with Crippen molar-refractivity contribution in [1.29, 1.82) is 0 Å². The number of fused-ring (bicyclic) bond motifs is 5. The van der Waals surface area contributed by atoms with Crippen LogP contribution in [0.5, 0.6) is 0 Å². The summed E-state index contributed by atoms with van der Waals surface area (Å²) >= 11 is 5.90. The molecule has 3 heterocycles. The van der Waals surface area contributed by atoms with Gasteiger partial charge in [0.05, 0.1) is 46.1 Å². The van der Waals surface area contributed by atoms with Crippen molar-refractivity contribution >= 4 is 11.6 Å². The van der Waals surface area contributed by atoms with Gasteiger partial charge in [-0.3, -0.25) is 4.98 Å². The van der Waals surface area contributed by atoms with Gasteiger partial charge in [-0.05, 0) is 60.1 Å². The second-order valence-electron chi connectivity index (χ2n) is 9.48. The van der Waals surface area contributed by atoms with E-state index in [9.17, 15) is 8.78 Å². The molecule has 0 spiro atoms. The fraction of sp³-hybridized carbons (Fsp3) is 0.269. The van der Waals surface area contributed by atoms with Crippen molar-refractivity contribution in [2.24, 2.45) is 5.41 Å².